The van der Waals surface area contributed by atoms with E-state index in [1.54, 1.807) is 4.90 Å². The molecule has 2 saturated heterocycles. The van der Waals surface area contributed by atoms with Crippen LogP contribution in [0, 0.1) is 16.7 Å². The van der Waals surface area contributed by atoms with E-state index < -0.39 is 23.3 Å². The van der Waals surface area contributed by atoms with Crippen LogP contribution in [-0.4, -0.2) is 96.5 Å². The first-order valence-corrected chi connectivity index (χ1v) is 14.8. The van der Waals surface area contributed by atoms with Crippen LogP contribution in [-0.2, 0) is 19.0 Å². The molecular formula is C29H48N6O6. The van der Waals surface area contributed by atoms with Crippen LogP contribution in [0.2, 0.25) is 0 Å². The van der Waals surface area contributed by atoms with Crippen LogP contribution in [0.15, 0.2) is 4.99 Å². The van der Waals surface area contributed by atoms with Gasteiger partial charge >= 0.3 is 12.2 Å². The number of hydrogen-bond donors (Lipinski definition) is 2. The van der Waals surface area contributed by atoms with Gasteiger partial charge in [0.05, 0.1) is 19.3 Å². The molecule has 12 heteroatoms. The zero-order valence-electron chi connectivity index (χ0n) is 25.6. The molecule has 3 amide bonds. The van der Waals surface area contributed by atoms with E-state index in [2.05, 4.69) is 16.7 Å². The summed E-state index contributed by atoms with van der Waals surface area (Å²) in [6.07, 6.45) is 3.02. The fraction of sp³-hybridized carbons (Fsp3) is 0.828. The number of piperidine rings is 1. The average Bonchev–Trinajstić information content (AvgIpc) is 3.36. The van der Waals surface area contributed by atoms with Gasteiger partial charge < -0.3 is 29.3 Å². The molecule has 1 atom stereocenters. The van der Waals surface area contributed by atoms with Crippen LogP contribution in [0.25, 0.3) is 0 Å². The Morgan fingerprint density at radius 2 is 1.63 bits per heavy atom. The number of nitrogens with one attached hydrogen (secondary N) is 2. The molecule has 0 radical (unpaired) electrons. The zero-order chi connectivity index (χ0) is 30.3. The lowest BCUT2D eigenvalue weighted by atomic mass is 9.87. The van der Waals surface area contributed by atoms with E-state index in [-0.39, 0.29) is 29.5 Å². The summed E-state index contributed by atoms with van der Waals surface area (Å²) in [5.41, 5.74) is -1.68. The van der Waals surface area contributed by atoms with Gasteiger partial charge in [-0.15, -0.1) is 0 Å². The highest BCUT2D eigenvalue weighted by Gasteiger charge is 2.38. The Balaban J connectivity index is 1.70. The number of rotatable bonds is 5. The van der Waals surface area contributed by atoms with E-state index in [1.165, 1.54) is 0 Å². The first-order valence-electron chi connectivity index (χ1n) is 14.8. The molecule has 41 heavy (non-hydrogen) atoms. The number of nitriles is 1. The second-order valence-electron chi connectivity index (χ2n) is 13.4. The molecular weight excluding hydrogens is 528 g/mol. The van der Waals surface area contributed by atoms with Crippen molar-refractivity contribution >= 4 is 24.1 Å². The number of carbonyl (C=O) groups is 3. The number of ether oxygens (including phenoxy) is 3. The van der Waals surface area contributed by atoms with Gasteiger partial charge in [-0.05, 0) is 58.3 Å². The third-order valence-corrected chi connectivity index (χ3v) is 7.31. The third kappa shape index (κ3) is 10.4. The smallest absolute Gasteiger partial charge is 0.414 e. The highest BCUT2D eigenvalue weighted by molar-refractivity contribution is 5.96. The van der Waals surface area contributed by atoms with Gasteiger partial charge in [0.2, 0.25) is 11.9 Å². The Bertz CT molecular complexity index is 991. The molecule has 3 fully saturated rings. The average molecular weight is 577 g/mol. The monoisotopic (exact) mass is 576 g/mol. The van der Waals surface area contributed by atoms with Crippen molar-refractivity contribution in [2.75, 3.05) is 39.4 Å². The molecule has 12 nitrogen and oxygen atoms in total. The predicted octanol–water partition coefficient (Wildman–Crippen LogP) is 3.56. The zero-order valence-corrected chi connectivity index (χ0v) is 25.6. The molecule has 0 bridgehead atoms. The number of hydrogen-bond acceptors (Lipinski definition) is 8. The van der Waals surface area contributed by atoms with Crippen molar-refractivity contribution in [3.8, 4) is 6.07 Å². The standard InChI is InChI=1S/C29H48N6O6/c1-27(2,3)19-22(23(36)33-29(20-30)11-7-8-12-29)31-24(34-15-17-39-18-16-34)32-25(37)40-21-9-13-35(14-10-21)26(38)41-28(4,5)6/h21-22H,7-19H2,1-6H3,(H,33,36)(H,31,32,37)/t22-/m0/s1. The molecule has 3 aliphatic rings. The van der Waals surface area contributed by atoms with Crippen LogP contribution in [0.1, 0.15) is 86.5 Å². The number of guanidine groups is 1. The van der Waals surface area contributed by atoms with Gasteiger partial charge in [-0.2, -0.15) is 5.26 Å². The van der Waals surface area contributed by atoms with Crippen molar-refractivity contribution in [1.82, 2.24) is 20.4 Å². The molecule has 0 aromatic heterocycles. The summed E-state index contributed by atoms with van der Waals surface area (Å²) in [4.78, 5) is 47.2. The van der Waals surface area contributed by atoms with Gasteiger partial charge in [0.1, 0.15) is 23.3 Å². The second-order valence-corrected chi connectivity index (χ2v) is 13.4. The van der Waals surface area contributed by atoms with Gasteiger partial charge in [0, 0.05) is 39.0 Å². The van der Waals surface area contributed by atoms with Gasteiger partial charge in [0.15, 0.2) is 0 Å². The van der Waals surface area contributed by atoms with Crippen molar-refractivity contribution < 1.29 is 28.6 Å². The van der Waals surface area contributed by atoms with E-state index in [9.17, 15) is 19.6 Å². The van der Waals surface area contributed by atoms with Crippen molar-refractivity contribution in [2.45, 2.75) is 110 Å². The van der Waals surface area contributed by atoms with E-state index in [0.717, 1.165) is 12.8 Å². The quantitative estimate of drug-likeness (QED) is 0.373. The molecule has 0 aromatic rings. The van der Waals surface area contributed by atoms with Gasteiger partial charge in [-0.3, -0.25) is 10.1 Å². The lowest BCUT2D eigenvalue weighted by Crippen LogP contribution is -2.53. The normalized spacial score (nSPS) is 21.0. The maximum absolute atomic E-state index is 13.5. The number of morpholine rings is 1. The Morgan fingerprint density at radius 3 is 2.17 bits per heavy atom. The van der Waals surface area contributed by atoms with Gasteiger partial charge in [-0.25, -0.2) is 14.6 Å². The summed E-state index contributed by atoms with van der Waals surface area (Å²) in [5.74, 6) is -0.0647. The van der Waals surface area contributed by atoms with Crippen molar-refractivity contribution in [2.24, 2.45) is 10.4 Å². The SMILES string of the molecule is CC(C)(C)C[C@H](N=C(NC(=O)OC1CCN(C(=O)OC(C)(C)C)CC1)N1CCOCC1)C(=O)NC1(C#N)CCCC1. The Labute approximate surface area is 244 Å². The molecule has 230 valence electrons. The van der Waals surface area contributed by atoms with Crippen molar-refractivity contribution in [3.05, 3.63) is 0 Å². The fourth-order valence-electron chi connectivity index (χ4n) is 5.21. The first-order chi connectivity index (χ1) is 19.2. The van der Waals surface area contributed by atoms with Crippen LogP contribution >= 0.6 is 0 Å². The molecule has 1 aliphatic carbocycles. The maximum atomic E-state index is 13.5. The number of nitrogens with zero attached hydrogens (tertiary/aromatic N) is 4. The first kappa shape index (κ1) is 32.4. The van der Waals surface area contributed by atoms with Crippen LogP contribution < -0.4 is 10.6 Å². The van der Waals surface area contributed by atoms with Crippen molar-refractivity contribution in [1.29, 1.82) is 5.26 Å². The minimum atomic E-state index is -0.873. The largest absolute Gasteiger partial charge is 0.446 e. The molecule has 0 aromatic carbocycles. The lowest BCUT2D eigenvalue weighted by Gasteiger charge is -2.34. The summed E-state index contributed by atoms with van der Waals surface area (Å²) in [6.45, 7) is 14.3. The molecule has 2 N–H and O–H groups in total. The second kappa shape index (κ2) is 13.7. The number of carbonyl (C=O) groups excluding carboxylic acids is 3. The van der Waals surface area contributed by atoms with Crippen LogP contribution in [0.3, 0.4) is 0 Å². The number of amides is 3. The Hall–Kier alpha value is -3.07. The van der Waals surface area contributed by atoms with Crippen LogP contribution in [0.5, 0.6) is 0 Å². The predicted molar refractivity (Wildman–Crippen MR) is 153 cm³/mol. The summed E-state index contributed by atoms with van der Waals surface area (Å²) >= 11 is 0. The molecule has 2 aliphatic heterocycles. The molecule has 3 rings (SSSR count). The van der Waals surface area contributed by atoms with E-state index in [4.69, 9.17) is 19.2 Å². The highest BCUT2D eigenvalue weighted by Crippen LogP contribution is 2.30. The summed E-state index contributed by atoms with van der Waals surface area (Å²) in [5, 5.41) is 15.6. The third-order valence-electron chi connectivity index (χ3n) is 7.31. The highest BCUT2D eigenvalue weighted by atomic mass is 16.6. The number of alkyl carbamates (subject to hydrolysis) is 1. The summed E-state index contributed by atoms with van der Waals surface area (Å²) in [7, 11) is 0. The van der Waals surface area contributed by atoms with Crippen molar-refractivity contribution in [3.63, 3.8) is 0 Å². The van der Waals surface area contributed by atoms with E-state index in [1.807, 2.05) is 46.4 Å². The minimum Gasteiger partial charge on any atom is -0.446 e. The van der Waals surface area contributed by atoms with Gasteiger partial charge in [-0.1, -0.05) is 20.8 Å². The maximum Gasteiger partial charge on any atom is 0.414 e. The number of likely N-dealkylation sites (tertiary alicyclic amines) is 1. The van der Waals surface area contributed by atoms with Gasteiger partial charge in [0.25, 0.3) is 0 Å². The lowest BCUT2D eigenvalue weighted by molar-refractivity contribution is -0.124. The summed E-state index contributed by atoms with van der Waals surface area (Å²) in [6, 6.07) is 1.50. The number of aliphatic imine (C=N–C) groups is 1. The molecule has 0 unspecified atom stereocenters. The topological polar surface area (TPSA) is 146 Å². The molecule has 2 heterocycles. The summed E-state index contributed by atoms with van der Waals surface area (Å²) < 4.78 is 16.6. The van der Waals surface area contributed by atoms with E-state index in [0.29, 0.717) is 71.5 Å². The molecule has 1 saturated carbocycles. The Kier molecular flexibility index (Phi) is 10.9. The van der Waals surface area contributed by atoms with E-state index >= 15 is 0 Å². The Morgan fingerprint density at radius 1 is 1.02 bits per heavy atom. The minimum absolute atomic E-state index is 0.236. The van der Waals surface area contributed by atoms with Crippen LogP contribution in [0.4, 0.5) is 9.59 Å². The fourth-order valence-corrected chi connectivity index (χ4v) is 5.21. The molecule has 0 spiro atoms.